The first-order chi connectivity index (χ1) is 8.88. The van der Waals surface area contributed by atoms with Gasteiger partial charge >= 0.3 is 5.97 Å². The lowest BCUT2D eigenvalue weighted by atomic mass is 10.1. The van der Waals surface area contributed by atoms with E-state index in [1.807, 2.05) is 0 Å². The molecule has 0 aliphatic rings. The third-order valence-corrected chi connectivity index (χ3v) is 3.53. The Morgan fingerprint density at radius 2 is 2.05 bits per heavy atom. The van der Waals surface area contributed by atoms with Crippen molar-refractivity contribution in [3.63, 3.8) is 0 Å². The average Bonchev–Trinajstić information content (AvgIpc) is 2.67. The Morgan fingerprint density at radius 3 is 2.53 bits per heavy atom. The monoisotopic (exact) mass is 285 g/mol. The number of anilines is 2. The normalized spacial score (nSPS) is 11.1. The molecule has 19 heavy (non-hydrogen) atoms. The summed E-state index contributed by atoms with van der Waals surface area (Å²) in [6.07, 6.45) is 0. The highest BCUT2D eigenvalue weighted by Gasteiger charge is 2.26. The van der Waals surface area contributed by atoms with Crippen molar-refractivity contribution in [2.45, 2.75) is 40.7 Å². The number of nitrogen functional groups attached to an aromatic ring is 1. The van der Waals surface area contributed by atoms with Crippen LogP contribution in [0.2, 0.25) is 0 Å². The average molecular weight is 285 g/mol. The Labute approximate surface area is 118 Å². The zero-order chi connectivity index (χ0) is 14.6. The van der Waals surface area contributed by atoms with Crippen molar-refractivity contribution in [3.8, 4) is 0 Å². The molecule has 6 heteroatoms. The fourth-order valence-electron chi connectivity index (χ4n) is 1.81. The molecular weight excluding hydrogens is 262 g/mol. The number of nitrogens with two attached hydrogens (primary N) is 1. The van der Waals surface area contributed by atoms with E-state index < -0.39 is 5.97 Å². The van der Waals surface area contributed by atoms with Crippen molar-refractivity contribution in [3.05, 3.63) is 5.56 Å². The van der Waals surface area contributed by atoms with Crippen molar-refractivity contribution >= 4 is 28.3 Å². The Bertz CT molecular complexity index is 430. The molecule has 0 amide bonds. The maximum Gasteiger partial charge on any atom is 0.345 e. The second-order valence-corrected chi connectivity index (χ2v) is 5.86. The molecule has 108 valence electrons. The van der Waals surface area contributed by atoms with Crippen LogP contribution in [0.4, 0.5) is 10.8 Å². The van der Waals surface area contributed by atoms with Gasteiger partial charge in [-0.3, -0.25) is 0 Å². The van der Waals surface area contributed by atoms with E-state index in [4.69, 9.17) is 10.5 Å². The maximum atomic E-state index is 12.0. The van der Waals surface area contributed by atoms with Gasteiger partial charge in [-0.2, -0.15) is 4.37 Å². The van der Waals surface area contributed by atoms with Gasteiger partial charge in [-0.1, -0.05) is 13.8 Å². The third kappa shape index (κ3) is 3.83. The number of carbonyl (C=O) groups is 1. The maximum absolute atomic E-state index is 12.0. The van der Waals surface area contributed by atoms with Crippen LogP contribution in [0.15, 0.2) is 0 Å². The summed E-state index contributed by atoms with van der Waals surface area (Å²) < 4.78 is 9.17. The summed E-state index contributed by atoms with van der Waals surface area (Å²) >= 11 is 1.26. The zero-order valence-electron chi connectivity index (χ0n) is 12.3. The van der Waals surface area contributed by atoms with Crippen molar-refractivity contribution < 1.29 is 9.53 Å². The Balaban J connectivity index is 3.13. The predicted molar refractivity (Wildman–Crippen MR) is 79.8 cm³/mol. The van der Waals surface area contributed by atoms with E-state index in [1.165, 1.54) is 11.5 Å². The second kappa shape index (κ2) is 6.75. The molecule has 2 N–H and O–H groups in total. The summed E-state index contributed by atoms with van der Waals surface area (Å²) in [5.74, 6) is 0.354. The molecule has 0 saturated heterocycles. The molecule has 0 bridgehead atoms. The number of hydrogen-bond donors (Lipinski definition) is 1. The lowest BCUT2D eigenvalue weighted by molar-refractivity contribution is 0.0528. The SMILES string of the molecule is CCOC(=O)c1c(N)nsc1N(CC(C)C)C(C)C. The molecule has 0 fully saturated rings. The summed E-state index contributed by atoms with van der Waals surface area (Å²) in [5.41, 5.74) is 6.22. The highest BCUT2D eigenvalue weighted by Crippen LogP contribution is 2.33. The van der Waals surface area contributed by atoms with E-state index in [9.17, 15) is 4.79 Å². The molecule has 1 rings (SSSR count). The minimum absolute atomic E-state index is 0.257. The van der Waals surface area contributed by atoms with Gasteiger partial charge in [0, 0.05) is 12.6 Å². The van der Waals surface area contributed by atoms with E-state index in [1.54, 1.807) is 6.92 Å². The smallest absolute Gasteiger partial charge is 0.345 e. The molecule has 5 nitrogen and oxygen atoms in total. The van der Waals surface area contributed by atoms with Gasteiger partial charge in [0.15, 0.2) is 5.82 Å². The lowest BCUT2D eigenvalue weighted by Gasteiger charge is -2.29. The number of rotatable bonds is 6. The van der Waals surface area contributed by atoms with Crippen molar-refractivity contribution in [1.29, 1.82) is 0 Å². The highest BCUT2D eigenvalue weighted by molar-refractivity contribution is 7.11. The minimum atomic E-state index is -0.391. The number of hydrogen-bond acceptors (Lipinski definition) is 6. The van der Waals surface area contributed by atoms with Gasteiger partial charge in [-0.05, 0) is 38.2 Å². The summed E-state index contributed by atoms with van der Waals surface area (Å²) in [6, 6.07) is 0.274. The quantitative estimate of drug-likeness (QED) is 0.814. The Morgan fingerprint density at radius 1 is 1.42 bits per heavy atom. The van der Waals surface area contributed by atoms with E-state index in [0.29, 0.717) is 18.1 Å². The molecule has 1 heterocycles. The minimum Gasteiger partial charge on any atom is -0.462 e. The first-order valence-corrected chi connectivity index (χ1v) is 7.34. The van der Waals surface area contributed by atoms with Gasteiger partial charge in [0.05, 0.1) is 6.61 Å². The molecule has 0 aliphatic heterocycles. The molecule has 1 aromatic heterocycles. The van der Waals surface area contributed by atoms with Gasteiger partial charge < -0.3 is 15.4 Å². The zero-order valence-corrected chi connectivity index (χ0v) is 13.1. The van der Waals surface area contributed by atoms with Crippen molar-refractivity contribution in [2.24, 2.45) is 5.92 Å². The fourth-order valence-corrected chi connectivity index (χ4v) is 2.75. The largest absolute Gasteiger partial charge is 0.462 e. The van der Waals surface area contributed by atoms with Crippen molar-refractivity contribution in [2.75, 3.05) is 23.8 Å². The Hall–Kier alpha value is -1.30. The third-order valence-electron chi connectivity index (χ3n) is 2.63. The van der Waals surface area contributed by atoms with Gasteiger partial charge in [0.25, 0.3) is 0 Å². The second-order valence-electron chi connectivity index (χ2n) is 5.11. The molecule has 0 aliphatic carbocycles. The molecule has 1 aromatic rings. The summed E-state index contributed by atoms with van der Waals surface area (Å²) in [6.45, 7) is 11.4. The first kappa shape index (κ1) is 15.8. The van der Waals surface area contributed by atoms with Gasteiger partial charge in [-0.25, -0.2) is 4.79 Å². The molecular formula is C13H23N3O2S. The van der Waals surface area contributed by atoms with E-state index in [2.05, 4.69) is 37.0 Å². The topological polar surface area (TPSA) is 68.5 Å². The van der Waals surface area contributed by atoms with Crippen LogP contribution in [-0.2, 0) is 4.74 Å². The number of aromatic nitrogens is 1. The van der Waals surface area contributed by atoms with Crippen LogP contribution in [0.1, 0.15) is 45.0 Å². The van der Waals surface area contributed by atoms with E-state index >= 15 is 0 Å². The molecule has 0 spiro atoms. The number of esters is 1. The summed E-state index contributed by atoms with van der Waals surface area (Å²) in [4.78, 5) is 14.2. The number of carbonyl (C=O) groups excluding carboxylic acids is 1. The Kier molecular flexibility index (Phi) is 5.60. The molecule has 0 saturated carbocycles. The molecule has 0 radical (unpaired) electrons. The van der Waals surface area contributed by atoms with Crippen LogP contribution in [0.5, 0.6) is 0 Å². The predicted octanol–water partition coefficient (Wildman–Crippen LogP) is 2.77. The van der Waals surface area contributed by atoms with Crippen LogP contribution < -0.4 is 10.6 Å². The molecule has 0 atom stereocenters. The summed E-state index contributed by atoms with van der Waals surface area (Å²) in [5, 5.41) is 0.805. The van der Waals surface area contributed by atoms with Gasteiger partial charge in [0.1, 0.15) is 10.6 Å². The van der Waals surface area contributed by atoms with Crippen LogP contribution >= 0.6 is 11.5 Å². The van der Waals surface area contributed by atoms with E-state index in [-0.39, 0.29) is 11.9 Å². The highest BCUT2D eigenvalue weighted by atomic mass is 32.1. The van der Waals surface area contributed by atoms with Crippen LogP contribution in [0.25, 0.3) is 0 Å². The standard InChI is InChI=1S/C13H23N3O2S/c1-6-18-13(17)10-11(14)15-19-12(10)16(9(4)5)7-8(2)3/h8-9H,6-7H2,1-5H3,(H2,14,15). The molecule has 0 unspecified atom stereocenters. The lowest BCUT2D eigenvalue weighted by Crippen LogP contribution is -2.34. The first-order valence-electron chi connectivity index (χ1n) is 6.57. The van der Waals surface area contributed by atoms with Gasteiger partial charge in [-0.15, -0.1) is 0 Å². The summed E-state index contributed by atoms with van der Waals surface area (Å²) in [7, 11) is 0. The number of ether oxygens (including phenoxy) is 1. The van der Waals surface area contributed by atoms with Crippen molar-refractivity contribution in [1.82, 2.24) is 4.37 Å². The van der Waals surface area contributed by atoms with Gasteiger partial charge in [0.2, 0.25) is 0 Å². The number of nitrogens with zero attached hydrogens (tertiary/aromatic N) is 2. The van der Waals surface area contributed by atoms with E-state index in [0.717, 1.165) is 11.5 Å². The van der Waals surface area contributed by atoms with Crippen LogP contribution in [0.3, 0.4) is 0 Å². The molecule has 0 aromatic carbocycles. The van der Waals surface area contributed by atoms with Crippen LogP contribution in [0, 0.1) is 5.92 Å². The van der Waals surface area contributed by atoms with Crippen LogP contribution in [-0.4, -0.2) is 29.5 Å². The fraction of sp³-hybridized carbons (Fsp3) is 0.692.